The summed E-state index contributed by atoms with van der Waals surface area (Å²) in [5.74, 6) is -0.649. The fourth-order valence-corrected chi connectivity index (χ4v) is 6.90. The fraction of sp³-hybridized carbons (Fsp3) is 0.474. The van der Waals surface area contributed by atoms with Crippen LogP contribution in [0.4, 0.5) is 15.3 Å². The van der Waals surface area contributed by atoms with Crippen LogP contribution in [0.15, 0.2) is 54.7 Å². The number of carbonyl (C=O) groups excluding carboxylic acids is 5. The zero-order chi connectivity index (χ0) is 37.5. The van der Waals surface area contributed by atoms with Crippen molar-refractivity contribution in [3.8, 4) is 22.4 Å². The van der Waals surface area contributed by atoms with Crippen molar-refractivity contribution in [3.05, 3.63) is 60.6 Å². The topological polar surface area (TPSA) is 189 Å². The summed E-state index contributed by atoms with van der Waals surface area (Å²) in [6.45, 7) is 8.49. The number of rotatable bonds is 12. The summed E-state index contributed by atoms with van der Waals surface area (Å²) in [4.78, 5) is 74.6. The van der Waals surface area contributed by atoms with E-state index in [1.165, 1.54) is 7.11 Å². The Morgan fingerprint density at radius 1 is 0.865 bits per heavy atom. The van der Waals surface area contributed by atoms with Crippen molar-refractivity contribution >= 4 is 35.6 Å². The van der Waals surface area contributed by atoms with Gasteiger partial charge >= 0.3 is 12.2 Å². The Kier molecular flexibility index (Phi) is 12.2. The van der Waals surface area contributed by atoms with Gasteiger partial charge in [-0.05, 0) is 66.3 Å². The van der Waals surface area contributed by atoms with E-state index in [1.807, 2.05) is 81.1 Å². The van der Waals surface area contributed by atoms with E-state index in [4.69, 9.17) is 10.5 Å². The lowest BCUT2D eigenvalue weighted by molar-refractivity contribution is -0.139. The molecule has 14 heteroatoms. The number of anilines is 1. The van der Waals surface area contributed by atoms with E-state index in [0.717, 1.165) is 35.2 Å². The van der Waals surface area contributed by atoms with Gasteiger partial charge in [0.2, 0.25) is 17.7 Å². The number of alkyl carbamates (subject to hydrolysis) is 1. The van der Waals surface area contributed by atoms with Crippen molar-refractivity contribution in [1.29, 1.82) is 0 Å². The molecule has 2 saturated heterocycles. The van der Waals surface area contributed by atoms with Crippen molar-refractivity contribution in [2.75, 3.05) is 32.1 Å². The van der Waals surface area contributed by atoms with Crippen LogP contribution in [0.25, 0.3) is 22.4 Å². The molecule has 2 aliphatic heterocycles. The number of primary amides is 1. The number of benzene rings is 2. The van der Waals surface area contributed by atoms with Gasteiger partial charge in [0.25, 0.3) is 0 Å². The van der Waals surface area contributed by atoms with Crippen LogP contribution in [0, 0.1) is 17.8 Å². The molecular formula is C38H49N7O7. The number of nitrogens with zero attached hydrogens (tertiary/aromatic N) is 3. The first-order valence-corrected chi connectivity index (χ1v) is 17.8. The number of likely N-dealkylation sites (tertiary alicyclic amines) is 2. The molecule has 14 nitrogen and oxygen atoms in total. The van der Waals surface area contributed by atoms with Crippen LogP contribution < -0.4 is 16.4 Å². The first-order chi connectivity index (χ1) is 24.9. The summed E-state index contributed by atoms with van der Waals surface area (Å²) in [6.07, 6.45) is 3.04. The maximum Gasteiger partial charge on any atom is 0.407 e. The number of nitrogens with two attached hydrogens (primary N) is 1. The summed E-state index contributed by atoms with van der Waals surface area (Å²) in [7, 11) is 1.24. The number of H-pyrrole nitrogens is 1. The van der Waals surface area contributed by atoms with Crippen LogP contribution in [0.3, 0.4) is 0 Å². The summed E-state index contributed by atoms with van der Waals surface area (Å²) >= 11 is 0. The second kappa shape index (κ2) is 16.7. The molecule has 3 aromatic rings. The average molecular weight is 716 g/mol. The van der Waals surface area contributed by atoms with Gasteiger partial charge in [-0.1, -0.05) is 64.1 Å². The van der Waals surface area contributed by atoms with Gasteiger partial charge < -0.3 is 40.6 Å². The third kappa shape index (κ3) is 8.72. The van der Waals surface area contributed by atoms with E-state index >= 15 is 0 Å². The Balaban J connectivity index is 1.20. The second-order valence-electron chi connectivity index (χ2n) is 14.0. The maximum absolute atomic E-state index is 13.5. The van der Waals surface area contributed by atoms with Gasteiger partial charge in [-0.2, -0.15) is 0 Å². The van der Waals surface area contributed by atoms with Crippen LogP contribution in [-0.4, -0.2) is 88.6 Å². The van der Waals surface area contributed by atoms with Gasteiger partial charge in [-0.3, -0.25) is 14.4 Å². The van der Waals surface area contributed by atoms with E-state index in [1.54, 1.807) is 11.1 Å². The lowest BCUT2D eigenvalue weighted by Crippen LogP contribution is -2.54. The number of hydrogen-bond acceptors (Lipinski definition) is 8. The number of aromatic amines is 1. The normalized spacial score (nSPS) is 18.3. The number of nitrogens with one attached hydrogen (secondary N) is 3. The van der Waals surface area contributed by atoms with Crippen molar-refractivity contribution in [2.24, 2.45) is 23.5 Å². The molecule has 3 heterocycles. The summed E-state index contributed by atoms with van der Waals surface area (Å²) in [6, 6.07) is 13.9. The number of carbonyl (C=O) groups is 5. The van der Waals surface area contributed by atoms with Crippen molar-refractivity contribution in [2.45, 2.75) is 71.5 Å². The van der Waals surface area contributed by atoms with E-state index in [-0.39, 0.29) is 42.2 Å². The van der Waals surface area contributed by atoms with Gasteiger partial charge in [0.05, 0.1) is 31.0 Å². The number of methoxy groups -OCH3 is 1. The van der Waals surface area contributed by atoms with Gasteiger partial charge in [0.15, 0.2) is 0 Å². The number of imidazole rings is 1. The molecule has 2 aromatic carbocycles. The highest BCUT2D eigenvalue weighted by atomic mass is 16.5. The third-order valence-electron chi connectivity index (χ3n) is 9.89. The molecular weight excluding hydrogens is 666 g/mol. The molecule has 5 N–H and O–H groups in total. The Hall–Kier alpha value is -5.40. The maximum atomic E-state index is 13.5. The molecule has 2 fully saturated rings. The zero-order valence-corrected chi connectivity index (χ0v) is 30.4. The van der Waals surface area contributed by atoms with Crippen LogP contribution >= 0.6 is 0 Å². The van der Waals surface area contributed by atoms with Crippen LogP contribution in [0.2, 0.25) is 0 Å². The molecule has 2 aliphatic rings. The molecule has 1 aromatic heterocycles. The van der Waals surface area contributed by atoms with Crippen LogP contribution in [0.5, 0.6) is 0 Å². The Morgan fingerprint density at radius 2 is 1.48 bits per heavy atom. The van der Waals surface area contributed by atoms with Gasteiger partial charge in [0, 0.05) is 18.8 Å². The molecule has 52 heavy (non-hydrogen) atoms. The standard InChI is InChI=1S/C38H49N7O7/c1-22(2)28(21-52-37(39)49)35(47)44-18-6-8-30(44)33-40-20-29(42-33)26-12-10-24(11-13-26)25-14-16-27(17-15-25)41-34(46)31-9-7-19-45(31)36(48)32(23(3)4)43-38(50)51-5/h10-17,20,22-23,28,30-32H,6-9,18-19,21H2,1-5H3,(H2,39,49)(H,40,42)(H,41,46)(H,43,50). The molecule has 4 atom stereocenters. The highest BCUT2D eigenvalue weighted by molar-refractivity contribution is 5.99. The summed E-state index contributed by atoms with van der Waals surface area (Å²) in [5.41, 5.74) is 9.48. The number of aromatic nitrogens is 2. The average Bonchev–Trinajstić information content (AvgIpc) is 3.92. The quantitative estimate of drug-likeness (QED) is 0.200. The summed E-state index contributed by atoms with van der Waals surface area (Å²) < 4.78 is 9.68. The molecule has 0 aliphatic carbocycles. The predicted molar refractivity (Wildman–Crippen MR) is 195 cm³/mol. The molecule has 0 saturated carbocycles. The smallest absolute Gasteiger partial charge is 0.407 e. The lowest BCUT2D eigenvalue weighted by atomic mass is 9.95. The SMILES string of the molecule is COC(=O)NC(C(=O)N1CCCC1C(=O)Nc1ccc(-c2ccc(-c3cnc(C4CCCN4C(=O)C(COC(N)=O)C(C)C)[nH]3)cc2)cc1)C(C)C. The minimum absolute atomic E-state index is 0.0317. The third-order valence-corrected chi connectivity index (χ3v) is 9.89. The molecule has 5 rings (SSSR count). The van der Waals surface area contributed by atoms with Crippen LogP contribution in [0.1, 0.15) is 65.2 Å². The van der Waals surface area contributed by atoms with Crippen molar-refractivity contribution < 1.29 is 33.4 Å². The second-order valence-corrected chi connectivity index (χ2v) is 14.0. The molecule has 278 valence electrons. The minimum atomic E-state index is -0.894. The van der Waals surface area contributed by atoms with Crippen molar-refractivity contribution in [3.63, 3.8) is 0 Å². The highest BCUT2D eigenvalue weighted by Crippen LogP contribution is 2.34. The lowest BCUT2D eigenvalue weighted by Gasteiger charge is -2.30. The monoisotopic (exact) mass is 715 g/mol. The molecule has 5 amide bonds. The zero-order valence-electron chi connectivity index (χ0n) is 30.4. The van der Waals surface area contributed by atoms with Crippen molar-refractivity contribution in [1.82, 2.24) is 25.1 Å². The summed E-state index contributed by atoms with van der Waals surface area (Å²) in [5, 5.41) is 5.55. The van der Waals surface area contributed by atoms with E-state index < -0.39 is 30.2 Å². The largest absolute Gasteiger partial charge is 0.453 e. The predicted octanol–water partition coefficient (Wildman–Crippen LogP) is 5.08. The number of ether oxygens (including phenoxy) is 2. The molecule has 0 bridgehead atoms. The Morgan fingerprint density at radius 3 is 2.10 bits per heavy atom. The first kappa shape index (κ1) is 37.8. The van der Waals surface area contributed by atoms with E-state index in [0.29, 0.717) is 37.4 Å². The van der Waals surface area contributed by atoms with Crippen LogP contribution in [-0.2, 0) is 23.9 Å². The first-order valence-electron chi connectivity index (χ1n) is 17.8. The minimum Gasteiger partial charge on any atom is -0.453 e. The Labute approximate surface area is 303 Å². The highest BCUT2D eigenvalue weighted by Gasteiger charge is 2.39. The Bertz CT molecular complexity index is 1740. The van der Waals surface area contributed by atoms with E-state index in [9.17, 15) is 24.0 Å². The molecule has 4 unspecified atom stereocenters. The van der Waals surface area contributed by atoms with Gasteiger partial charge in [-0.15, -0.1) is 0 Å². The molecule has 0 radical (unpaired) electrons. The molecule has 0 spiro atoms. The van der Waals surface area contributed by atoms with Gasteiger partial charge in [-0.25, -0.2) is 14.6 Å². The van der Waals surface area contributed by atoms with Gasteiger partial charge in [0.1, 0.15) is 24.5 Å². The fourth-order valence-electron chi connectivity index (χ4n) is 6.90. The number of amides is 5. The van der Waals surface area contributed by atoms with E-state index in [2.05, 4.69) is 25.3 Å². The number of hydrogen-bond donors (Lipinski definition) is 4.